The standard InChI is InChI=1S/C16H25N3O2/c1-4-15(2,10-11-17)12-13-18-14(19-21-13)16(20-3)8-6-5-7-9-16/h4-10,12H2,1-3H3. The monoisotopic (exact) mass is 291 g/mol. The van der Waals surface area contributed by atoms with E-state index in [2.05, 4.69) is 30.1 Å². The first kappa shape index (κ1) is 16.0. The topological polar surface area (TPSA) is 71.9 Å². The van der Waals surface area contributed by atoms with Crippen molar-refractivity contribution < 1.29 is 9.26 Å². The molecule has 0 N–H and O–H groups in total. The molecular formula is C16H25N3O2. The number of aromatic nitrogens is 2. The van der Waals surface area contributed by atoms with Gasteiger partial charge in [0.15, 0.2) is 0 Å². The largest absolute Gasteiger partial charge is 0.370 e. The maximum absolute atomic E-state index is 8.96. The van der Waals surface area contributed by atoms with Crippen LogP contribution in [0.3, 0.4) is 0 Å². The average Bonchev–Trinajstić information content (AvgIpc) is 2.97. The Kier molecular flexibility index (Phi) is 5.00. The predicted molar refractivity (Wildman–Crippen MR) is 78.4 cm³/mol. The lowest BCUT2D eigenvalue weighted by atomic mass is 9.81. The highest BCUT2D eigenvalue weighted by Gasteiger charge is 2.39. The summed E-state index contributed by atoms with van der Waals surface area (Å²) in [6.07, 6.45) is 7.47. The second-order valence-electron chi connectivity index (χ2n) is 6.45. The van der Waals surface area contributed by atoms with E-state index in [1.165, 1.54) is 6.42 Å². The molecule has 2 rings (SSSR count). The molecule has 1 unspecified atom stereocenters. The van der Waals surface area contributed by atoms with E-state index in [4.69, 9.17) is 14.5 Å². The van der Waals surface area contributed by atoms with Crippen LogP contribution in [-0.2, 0) is 16.8 Å². The Balaban J connectivity index is 2.15. The van der Waals surface area contributed by atoms with Crippen LogP contribution in [0.25, 0.3) is 0 Å². The highest BCUT2D eigenvalue weighted by atomic mass is 16.5. The van der Waals surface area contributed by atoms with Crippen LogP contribution in [-0.4, -0.2) is 17.3 Å². The third-order valence-corrected chi connectivity index (χ3v) is 4.86. The summed E-state index contributed by atoms with van der Waals surface area (Å²) in [6.45, 7) is 4.18. The molecule has 1 aliphatic rings. The molecule has 0 aromatic carbocycles. The van der Waals surface area contributed by atoms with Crippen molar-refractivity contribution in [2.24, 2.45) is 5.41 Å². The zero-order chi connectivity index (χ0) is 15.3. The van der Waals surface area contributed by atoms with E-state index in [9.17, 15) is 0 Å². The van der Waals surface area contributed by atoms with Crippen molar-refractivity contribution >= 4 is 0 Å². The zero-order valence-electron chi connectivity index (χ0n) is 13.3. The summed E-state index contributed by atoms with van der Waals surface area (Å²) in [5, 5.41) is 13.1. The van der Waals surface area contributed by atoms with E-state index >= 15 is 0 Å². The van der Waals surface area contributed by atoms with E-state index < -0.39 is 0 Å². The smallest absolute Gasteiger partial charge is 0.227 e. The van der Waals surface area contributed by atoms with E-state index in [0.29, 0.717) is 24.6 Å². The minimum atomic E-state index is -0.377. The normalized spacial score (nSPS) is 20.7. The number of hydrogen-bond acceptors (Lipinski definition) is 5. The molecule has 0 spiro atoms. The van der Waals surface area contributed by atoms with Crippen LogP contribution < -0.4 is 0 Å². The first-order chi connectivity index (χ1) is 10.1. The van der Waals surface area contributed by atoms with Gasteiger partial charge in [0.05, 0.1) is 6.07 Å². The second-order valence-corrected chi connectivity index (χ2v) is 6.45. The number of methoxy groups -OCH3 is 1. The van der Waals surface area contributed by atoms with Gasteiger partial charge in [-0.1, -0.05) is 38.3 Å². The maximum atomic E-state index is 8.96. The summed E-state index contributed by atoms with van der Waals surface area (Å²) in [4.78, 5) is 4.58. The number of nitrogens with zero attached hydrogens (tertiary/aromatic N) is 3. The van der Waals surface area contributed by atoms with Gasteiger partial charge in [0.1, 0.15) is 5.60 Å². The molecule has 1 aliphatic carbocycles. The fourth-order valence-corrected chi connectivity index (χ4v) is 3.02. The minimum Gasteiger partial charge on any atom is -0.370 e. The van der Waals surface area contributed by atoms with Gasteiger partial charge in [-0.25, -0.2) is 0 Å². The number of rotatable bonds is 6. The molecule has 1 atom stereocenters. The lowest BCUT2D eigenvalue weighted by Crippen LogP contribution is -2.32. The highest BCUT2D eigenvalue weighted by Crippen LogP contribution is 2.39. The quantitative estimate of drug-likeness (QED) is 0.798. The van der Waals surface area contributed by atoms with Crippen molar-refractivity contribution in [1.29, 1.82) is 5.26 Å². The molecule has 1 aromatic rings. The minimum absolute atomic E-state index is 0.106. The van der Waals surface area contributed by atoms with Crippen molar-refractivity contribution in [2.45, 2.75) is 70.8 Å². The Bertz CT molecular complexity index is 500. The fraction of sp³-hybridized carbons (Fsp3) is 0.812. The van der Waals surface area contributed by atoms with Gasteiger partial charge in [-0.15, -0.1) is 0 Å². The van der Waals surface area contributed by atoms with Crippen LogP contribution in [0.15, 0.2) is 4.52 Å². The maximum Gasteiger partial charge on any atom is 0.227 e. The first-order valence-corrected chi connectivity index (χ1v) is 7.83. The van der Waals surface area contributed by atoms with Gasteiger partial charge in [-0.05, 0) is 24.7 Å². The van der Waals surface area contributed by atoms with Gasteiger partial charge in [-0.2, -0.15) is 10.2 Å². The predicted octanol–water partition coefficient (Wildman–Crippen LogP) is 3.75. The van der Waals surface area contributed by atoms with Crippen molar-refractivity contribution in [1.82, 2.24) is 10.1 Å². The number of ether oxygens (including phenoxy) is 1. The van der Waals surface area contributed by atoms with Gasteiger partial charge in [-0.3, -0.25) is 0 Å². The van der Waals surface area contributed by atoms with E-state index in [-0.39, 0.29) is 11.0 Å². The molecular weight excluding hydrogens is 266 g/mol. The first-order valence-electron chi connectivity index (χ1n) is 7.83. The second kappa shape index (κ2) is 6.57. The molecule has 0 aliphatic heterocycles. The van der Waals surface area contributed by atoms with Gasteiger partial charge in [0.25, 0.3) is 0 Å². The van der Waals surface area contributed by atoms with Crippen molar-refractivity contribution in [2.75, 3.05) is 7.11 Å². The SMILES string of the molecule is CCC(C)(CC#N)Cc1nc(C2(OC)CCCCC2)no1. The molecule has 5 heteroatoms. The molecule has 0 bridgehead atoms. The summed E-state index contributed by atoms with van der Waals surface area (Å²) in [5.41, 5.74) is -0.483. The summed E-state index contributed by atoms with van der Waals surface area (Å²) < 4.78 is 11.2. The Hall–Kier alpha value is -1.41. The molecule has 0 saturated heterocycles. The Morgan fingerprint density at radius 2 is 2.10 bits per heavy atom. The summed E-state index contributed by atoms with van der Waals surface area (Å²) >= 11 is 0. The van der Waals surface area contributed by atoms with Crippen LogP contribution in [0.1, 0.15) is 70.5 Å². The number of nitriles is 1. The van der Waals surface area contributed by atoms with Crippen molar-refractivity contribution in [3.8, 4) is 6.07 Å². The van der Waals surface area contributed by atoms with Crippen LogP contribution in [0.5, 0.6) is 0 Å². The van der Waals surface area contributed by atoms with E-state index in [0.717, 1.165) is 32.1 Å². The van der Waals surface area contributed by atoms with Gasteiger partial charge < -0.3 is 9.26 Å². The van der Waals surface area contributed by atoms with E-state index in [1.807, 2.05) is 0 Å². The third-order valence-electron chi connectivity index (χ3n) is 4.86. The lowest BCUT2D eigenvalue weighted by molar-refractivity contribution is -0.0527. The van der Waals surface area contributed by atoms with Gasteiger partial charge >= 0.3 is 0 Å². The molecule has 116 valence electrons. The molecule has 1 aromatic heterocycles. The fourth-order valence-electron chi connectivity index (χ4n) is 3.02. The molecule has 21 heavy (non-hydrogen) atoms. The summed E-state index contributed by atoms with van der Waals surface area (Å²) in [7, 11) is 1.73. The van der Waals surface area contributed by atoms with Crippen LogP contribution in [0, 0.1) is 16.7 Å². The Morgan fingerprint density at radius 1 is 1.38 bits per heavy atom. The van der Waals surface area contributed by atoms with E-state index in [1.54, 1.807) is 7.11 Å². The average molecular weight is 291 g/mol. The number of hydrogen-bond donors (Lipinski definition) is 0. The summed E-state index contributed by atoms with van der Waals surface area (Å²) in [5.74, 6) is 1.29. The molecule has 1 heterocycles. The zero-order valence-corrected chi connectivity index (χ0v) is 13.3. The van der Waals surface area contributed by atoms with Crippen LogP contribution in [0.2, 0.25) is 0 Å². The molecule has 0 radical (unpaired) electrons. The molecule has 1 fully saturated rings. The highest BCUT2D eigenvalue weighted by molar-refractivity contribution is 5.04. The third kappa shape index (κ3) is 3.44. The lowest BCUT2D eigenvalue weighted by Gasteiger charge is -2.32. The summed E-state index contributed by atoms with van der Waals surface area (Å²) in [6, 6.07) is 2.25. The van der Waals surface area contributed by atoms with Crippen molar-refractivity contribution in [3.05, 3.63) is 11.7 Å². The van der Waals surface area contributed by atoms with Gasteiger partial charge in [0.2, 0.25) is 11.7 Å². The molecule has 1 saturated carbocycles. The Morgan fingerprint density at radius 3 is 2.67 bits per heavy atom. The van der Waals surface area contributed by atoms with Crippen LogP contribution >= 0.6 is 0 Å². The molecule has 5 nitrogen and oxygen atoms in total. The van der Waals surface area contributed by atoms with Gasteiger partial charge in [0, 0.05) is 20.0 Å². The molecule has 0 amide bonds. The van der Waals surface area contributed by atoms with Crippen molar-refractivity contribution in [3.63, 3.8) is 0 Å². The Labute approximate surface area is 126 Å². The van der Waals surface area contributed by atoms with Crippen LogP contribution in [0.4, 0.5) is 0 Å².